The zero-order valence-corrected chi connectivity index (χ0v) is 11.0. The molecular formula is C16H17FN2. The number of rotatable bonds is 2. The van der Waals surface area contributed by atoms with Crippen LogP contribution in [0.2, 0.25) is 0 Å². The zero-order chi connectivity index (χ0) is 13.2. The van der Waals surface area contributed by atoms with Gasteiger partial charge in [0.25, 0.3) is 0 Å². The standard InChI is InChI=1S/C16H17FN2/c1-19(14-7-5-13(17)6-8-14)16-4-2-3-12-9-10-18-11-15(12)16/h2-8,18H,9-11H2,1H3. The third-order valence-corrected chi connectivity index (χ3v) is 3.70. The number of hydrogen-bond acceptors (Lipinski definition) is 2. The number of fused-ring (bicyclic) bond motifs is 1. The van der Waals surface area contributed by atoms with Gasteiger partial charge in [0.05, 0.1) is 0 Å². The summed E-state index contributed by atoms with van der Waals surface area (Å²) in [4.78, 5) is 2.12. The fraction of sp³-hybridized carbons (Fsp3) is 0.250. The van der Waals surface area contributed by atoms with E-state index >= 15 is 0 Å². The van der Waals surface area contributed by atoms with Gasteiger partial charge in [-0.25, -0.2) is 4.39 Å². The van der Waals surface area contributed by atoms with Crippen LogP contribution in [0.1, 0.15) is 11.1 Å². The van der Waals surface area contributed by atoms with Crippen molar-refractivity contribution >= 4 is 11.4 Å². The molecular weight excluding hydrogens is 239 g/mol. The van der Waals surface area contributed by atoms with Crippen molar-refractivity contribution in [3.8, 4) is 0 Å². The lowest BCUT2D eigenvalue weighted by Crippen LogP contribution is -2.26. The predicted molar refractivity (Wildman–Crippen MR) is 76.3 cm³/mol. The Morgan fingerprint density at radius 2 is 1.89 bits per heavy atom. The second kappa shape index (κ2) is 5.02. The van der Waals surface area contributed by atoms with Crippen LogP contribution in [0.4, 0.5) is 15.8 Å². The highest BCUT2D eigenvalue weighted by Crippen LogP contribution is 2.30. The van der Waals surface area contributed by atoms with Gasteiger partial charge in [-0.15, -0.1) is 0 Å². The summed E-state index contributed by atoms with van der Waals surface area (Å²) in [7, 11) is 2.03. The van der Waals surface area contributed by atoms with Crippen LogP contribution in [0, 0.1) is 5.82 Å². The van der Waals surface area contributed by atoms with Crippen molar-refractivity contribution in [1.82, 2.24) is 5.32 Å². The molecule has 0 radical (unpaired) electrons. The molecule has 0 aromatic heterocycles. The number of halogens is 1. The van der Waals surface area contributed by atoms with E-state index in [1.54, 1.807) is 0 Å². The van der Waals surface area contributed by atoms with Crippen molar-refractivity contribution in [3.63, 3.8) is 0 Å². The topological polar surface area (TPSA) is 15.3 Å². The first kappa shape index (κ1) is 12.2. The lowest BCUT2D eigenvalue weighted by molar-refractivity contribution is 0.628. The van der Waals surface area contributed by atoms with Gasteiger partial charge in [0.1, 0.15) is 5.82 Å². The Kier molecular flexibility index (Phi) is 3.22. The molecule has 0 spiro atoms. The predicted octanol–water partition coefficient (Wildman–Crippen LogP) is 3.24. The van der Waals surface area contributed by atoms with Gasteiger partial charge in [0.15, 0.2) is 0 Å². The van der Waals surface area contributed by atoms with E-state index in [-0.39, 0.29) is 5.82 Å². The zero-order valence-electron chi connectivity index (χ0n) is 11.0. The van der Waals surface area contributed by atoms with Gasteiger partial charge in [-0.05, 0) is 54.4 Å². The first-order valence-electron chi connectivity index (χ1n) is 6.56. The minimum absolute atomic E-state index is 0.200. The molecule has 98 valence electrons. The Balaban J connectivity index is 1.99. The minimum Gasteiger partial charge on any atom is -0.344 e. The second-order valence-electron chi connectivity index (χ2n) is 4.88. The molecule has 0 saturated heterocycles. The third-order valence-electron chi connectivity index (χ3n) is 3.70. The van der Waals surface area contributed by atoms with E-state index in [1.807, 2.05) is 19.2 Å². The molecule has 19 heavy (non-hydrogen) atoms. The first-order valence-corrected chi connectivity index (χ1v) is 6.56. The van der Waals surface area contributed by atoms with Crippen LogP contribution in [-0.2, 0) is 13.0 Å². The summed E-state index contributed by atoms with van der Waals surface area (Å²) < 4.78 is 13.0. The van der Waals surface area contributed by atoms with Gasteiger partial charge in [0.2, 0.25) is 0 Å². The summed E-state index contributed by atoms with van der Waals surface area (Å²) in [5.41, 5.74) is 4.95. The highest BCUT2D eigenvalue weighted by molar-refractivity contribution is 5.67. The molecule has 0 fully saturated rings. The Morgan fingerprint density at radius 1 is 1.11 bits per heavy atom. The number of nitrogens with one attached hydrogen (secondary N) is 1. The van der Waals surface area contributed by atoms with Crippen LogP contribution >= 0.6 is 0 Å². The van der Waals surface area contributed by atoms with Crippen molar-refractivity contribution in [3.05, 3.63) is 59.4 Å². The van der Waals surface area contributed by atoms with E-state index < -0.39 is 0 Å². The monoisotopic (exact) mass is 256 g/mol. The molecule has 0 amide bonds. The fourth-order valence-corrected chi connectivity index (χ4v) is 2.61. The normalized spacial score (nSPS) is 14.0. The summed E-state index contributed by atoms with van der Waals surface area (Å²) >= 11 is 0. The number of anilines is 2. The molecule has 2 aromatic carbocycles. The SMILES string of the molecule is CN(c1ccc(F)cc1)c1cccc2c1CNCC2. The Morgan fingerprint density at radius 3 is 2.68 bits per heavy atom. The highest BCUT2D eigenvalue weighted by Gasteiger charge is 2.15. The van der Waals surface area contributed by atoms with Crippen LogP contribution in [0.25, 0.3) is 0 Å². The van der Waals surface area contributed by atoms with Crippen molar-refractivity contribution in [1.29, 1.82) is 0 Å². The van der Waals surface area contributed by atoms with Gasteiger partial charge in [-0.1, -0.05) is 12.1 Å². The molecule has 0 unspecified atom stereocenters. The van der Waals surface area contributed by atoms with Crippen molar-refractivity contribution in [2.75, 3.05) is 18.5 Å². The van der Waals surface area contributed by atoms with Crippen LogP contribution in [0.3, 0.4) is 0 Å². The quantitative estimate of drug-likeness (QED) is 0.887. The van der Waals surface area contributed by atoms with Crippen LogP contribution in [-0.4, -0.2) is 13.6 Å². The van der Waals surface area contributed by atoms with Gasteiger partial charge < -0.3 is 10.2 Å². The molecule has 0 atom stereocenters. The van der Waals surface area contributed by atoms with Gasteiger partial charge in [-0.2, -0.15) is 0 Å². The average Bonchev–Trinajstić information content (AvgIpc) is 2.47. The van der Waals surface area contributed by atoms with Crippen molar-refractivity contribution in [2.45, 2.75) is 13.0 Å². The highest BCUT2D eigenvalue weighted by atomic mass is 19.1. The molecule has 0 saturated carbocycles. The maximum absolute atomic E-state index is 13.0. The molecule has 0 bridgehead atoms. The maximum Gasteiger partial charge on any atom is 0.123 e. The lowest BCUT2D eigenvalue weighted by atomic mass is 9.98. The van der Waals surface area contributed by atoms with Crippen molar-refractivity contribution in [2.24, 2.45) is 0 Å². The van der Waals surface area contributed by atoms with E-state index in [2.05, 4.69) is 28.4 Å². The molecule has 3 heteroatoms. The van der Waals surface area contributed by atoms with E-state index in [9.17, 15) is 4.39 Å². The van der Waals surface area contributed by atoms with Crippen LogP contribution in [0.15, 0.2) is 42.5 Å². The summed E-state index contributed by atoms with van der Waals surface area (Å²) in [5, 5.41) is 3.41. The molecule has 2 aromatic rings. The summed E-state index contributed by atoms with van der Waals surface area (Å²) in [6, 6.07) is 13.0. The van der Waals surface area contributed by atoms with E-state index in [0.717, 1.165) is 25.2 Å². The largest absolute Gasteiger partial charge is 0.344 e. The third kappa shape index (κ3) is 2.34. The first-order chi connectivity index (χ1) is 9.25. The van der Waals surface area contributed by atoms with Crippen molar-refractivity contribution < 1.29 is 4.39 Å². The number of hydrogen-bond donors (Lipinski definition) is 1. The molecule has 1 heterocycles. The van der Waals surface area contributed by atoms with Crippen LogP contribution in [0.5, 0.6) is 0 Å². The molecule has 2 nitrogen and oxygen atoms in total. The van der Waals surface area contributed by atoms with Crippen LogP contribution < -0.4 is 10.2 Å². The number of nitrogens with zero attached hydrogens (tertiary/aromatic N) is 1. The molecule has 1 aliphatic heterocycles. The van der Waals surface area contributed by atoms with E-state index in [0.29, 0.717) is 0 Å². The number of benzene rings is 2. The summed E-state index contributed by atoms with van der Waals surface area (Å²) in [6.07, 6.45) is 1.07. The molecule has 1 N–H and O–H groups in total. The van der Waals surface area contributed by atoms with Gasteiger partial charge >= 0.3 is 0 Å². The smallest absolute Gasteiger partial charge is 0.123 e. The molecule has 0 aliphatic carbocycles. The van der Waals surface area contributed by atoms with Gasteiger partial charge in [0, 0.05) is 25.0 Å². The minimum atomic E-state index is -0.200. The average molecular weight is 256 g/mol. The lowest BCUT2D eigenvalue weighted by Gasteiger charge is -2.27. The van der Waals surface area contributed by atoms with E-state index in [4.69, 9.17) is 0 Å². The Bertz CT molecular complexity index is 578. The van der Waals surface area contributed by atoms with E-state index in [1.165, 1.54) is 28.9 Å². The Hall–Kier alpha value is -1.87. The summed E-state index contributed by atoms with van der Waals surface area (Å²) in [5.74, 6) is -0.200. The van der Waals surface area contributed by atoms with Gasteiger partial charge in [-0.3, -0.25) is 0 Å². The molecule has 1 aliphatic rings. The second-order valence-corrected chi connectivity index (χ2v) is 4.88. The maximum atomic E-state index is 13.0. The fourth-order valence-electron chi connectivity index (χ4n) is 2.61. The molecule has 3 rings (SSSR count). The summed E-state index contributed by atoms with van der Waals surface area (Å²) in [6.45, 7) is 1.94. The Labute approximate surface area is 112 Å².